The first-order valence-corrected chi connectivity index (χ1v) is 12.7. The minimum atomic E-state index is -3.34. The van der Waals surface area contributed by atoms with Crippen LogP contribution < -0.4 is 20.4 Å². The van der Waals surface area contributed by atoms with E-state index in [1.165, 1.54) is 9.47 Å². The van der Waals surface area contributed by atoms with Crippen LogP contribution in [0.25, 0.3) is 10.9 Å². The fourth-order valence-corrected chi connectivity index (χ4v) is 5.56. The number of carboxylic acids is 1. The van der Waals surface area contributed by atoms with E-state index < -0.39 is 52.4 Å². The molecule has 2 atom stereocenters. The lowest BCUT2D eigenvalue weighted by Gasteiger charge is -2.30. The van der Waals surface area contributed by atoms with Crippen molar-refractivity contribution in [3.05, 3.63) is 33.9 Å². The average Bonchev–Trinajstić information content (AvgIpc) is 3.49. The van der Waals surface area contributed by atoms with Crippen molar-refractivity contribution in [2.24, 2.45) is 5.92 Å². The monoisotopic (exact) mass is 553 g/mol. The van der Waals surface area contributed by atoms with Gasteiger partial charge < -0.3 is 34.1 Å². The van der Waals surface area contributed by atoms with Crippen molar-refractivity contribution < 1.29 is 42.1 Å². The number of aromatic carboxylic acids is 1. The Morgan fingerprint density at radius 2 is 2.00 bits per heavy atom. The summed E-state index contributed by atoms with van der Waals surface area (Å²) in [6.45, 7) is 2.58. The van der Waals surface area contributed by atoms with E-state index in [1.54, 1.807) is 20.8 Å². The molecule has 1 aromatic carbocycles. The molecular weight excluding hydrogens is 523 g/mol. The van der Waals surface area contributed by atoms with E-state index in [-0.39, 0.29) is 48.2 Å². The van der Waals surface area contributed by atoms with Gasteiger partial charge in [0.1, 0.15) is 22.5 Å². The van der Waals surface area contributed by atoms with Crippen LogP contribution in [0.4, 0.5) is 23.7 Å². The zero-order chi connectivity index (χ0) is 28.3. The van der Waals surface area contributed by atoms with Crippen molar-refractivity contribution >= 4 is 28.7 Å². The number of carbonyl (C=O) groups is 2. The van der Waals surface area contributed by atoms with Gasteiger partial charge in [0, 0.05) is 37.9 Å². The number of benzene rings is 1. The molecule has 1 saturated carbocycles. The molecule has 0 spiro atoms. The van der Waals surface area contributed by atoms with Crippen molar-refractivity contribution in [1.82, 2.24) is 9.88 Å². The summed E-state index contributed by atoms with van der Waals surface area (Å²) in [5.41, 5.74) is -3.56. The molecule has 2 aliphatic heterocycles. The van der Waals surface area contributed by atoms with E-state index in [9.17, 15) is 28.3 Å². The Hall–Kier alpha value is -3.48. The number of halogens is 3. The Morgan fingerprint density at radius 3 is 2.62 bits per heavy atom. The van der Waals surface area contributed by atoms with Crippen LogP contribution in [0.2, 0.25) is 0 Å². The first-order chi connectivity index (χ1) is 18.3. The number of rotatable bonds is 7. The molecule has 1 amide bonds. The minimum Gasteiger partial charge on any atom is -0.477 e. The van der Waals surface area contributed by atoms with Crippen LogP contribution in [-0.2, 0) is 9.47 Å². The summed E-state index contributed by atoms with van der Waals surface area (Å²) in [7, 11) is 0. The quantitative estimate of drug-likeness (QED) is 0.530. The molecule has 3 heterocycles. The molecule has 5 rings (SSSR count). The number of hydrogen-bond acceptors (Lipinski definition) is 7. The largest absolute Gasteiger partial charge is 0.477 e. The topological polar surface area (TPSA) is 119 Å². The van der Waals surface area contributed by atoms with Gasteiger partial charge in [-0.2, -0.15) is 8.78 Å². The number of nitrogens with one attached hydrogen (secondary N) is 1. The molecule has 10 nitrogen and oxygen atoms in total. The Kier molecular flexibility index (Phi) is 6.68. The predicted molar refractivity (Wildman–Crippen MR) is 133 cm³/mol. The first-order valence-electron chi connectivity index (χ1n) is 12.7. The smallest absolute Gasteiger partial charge is 0.407 e. The van der Waals surface area contributed by atoms with Gasteiger partial charge in [0.15, 0.2) is 11.6 Å². The highest BCUT2D eigenvalue weighted by Gasteiger charge is 2.52. The number of hydrogen-bond donors (Lipinski definition) is 2. The molecule has 2 N–H and O–H groups in total. The molecule has 3 aliphatic rings. The number of nitrogens with zero attached hydrogens (tertiary/aromatic N) is 2. The van der Waals surface area contributed by atoms with Crippen molar-refractivity contribution in [3.63, 3.8) is 0 Å². The number of amides is 1. The lowest BCUT2D eigenvalue weighted by molar-refractivity contribution is -0.0488. The Labute approximate surface area is 221 Å². The molecule has 212 valence electrons. The molecule has 1 aliphatic carbocycles. The number of alkyl carbamates (subject to hydrolysis) is 1. The SMILES string of the molecule is CC(C)(C)OC(=O)NCC12CN(c3c(F)cc4c(=O)c(C(=O)O)cn(C5CC5)c4c3OC(F)F)C[C@@H]1CCO2. The van der Waals surface area contributed by atoms with E-state index in [1.807, 2.05) is 0 Å². The summed E-state index contributed by atoms with van der Waals surface area (Å²) in [5.74, 6) is -3.20. The van der Waals surface area contributed by atoms with Crippen LogP contribution in [-0.4, -0.2) is 65.8 Å². The number of carboxylic acid groups (broad SMARTS) is 1. The lowest BCUT2D eigenvalue weighted by Crippen LogP contribution is -2.49. The van der Waals surface area contributed by atoms with Crippen LogP contribution in [0, 0.1) is 11.7 Å². The normalized spacial score (nSPS) is 22.8. The number of fused-ring (bicyclic) bond motifs is 2. The molecule has 0 bridgehead atoms. The molecule has 2 aromatic rings. The molecule has 1 aromatic heterocycles. The zero-order valence-corrected chi connectivity index (χ0v) is 21.8. The highest BCUT2D eigenvalue weighted by atomic mass is 19.3. The number of pyridine rings is 1. The standard InChI is InChI=1S/C26H30F3N3O7/c1-25(2,3)39-24(36)30-11-26-12-31(9-13(26)6-7-37-26)19-17(27)8-15-18(21(19)38-23(28)29)32(14-4-5-14)10-16(20(15)33)22(34)35/h8,10,13-14,23H,4-7,9,11-12H2,1-3H3,(H,30,36)(H,34,35)/t13-,26?/m0/s1. The average molecular weight is 554 g/mol. The highest BCUT2D eigenvalue weighted by Crippen LogP contribution is 2.48. The van der Waals surface area contributed by atoms with Gasteiger partial charge in [0.25, 0.3) is 0 Å². The number of ether oxygens (including phenoxy) is 3. The molecular formula is C26H30F3N3O7. The third-order valence-corrected chi connectivity index (χ3v) is 7.32. The van der Waals surface area contributed by atoms with E-state index in [0.29, 0.717) is 25.9 Å². The second-order valence-electron chi connectivity index (χ2n) is 11.3. The van der Waals surface area contributed by atoms with Crippen LogP contribution in [0.5, 0.6) is 5.75 Å². The first kappa shape index (κ1) is 27.1. The van der Waals surface area contributed by atoms with Gasteiger partial charge in [-0.3, -0.25) is 4.79 Å². The van der Waals surface area contributed by atoms with Gasteiger partial charge in [0.2, 0.25) is 5.43 Å². The molecule has 39 heavy (non-hydrogen) atoms. The number of anilines is 1. The Morgan fingerprint density at radius 1 is 1.28 bits per heavy atom. The Bertz CT molecular complexity index is 1390. The van der Waals surface area contributed by atoms with Crippen LogP contribution in [0.15, 0.2) is 17.1 Å². The van der Waals surface area contributed by atoms with E-state index in [4.69, 9.17) is 14.2 Å². The van der Waals surface area contributed by atoms with E-state index in [0.717, 1.165) is 12.3 Å². The summed E-state index contributed by atoms with van der Waals surface area (Å²) in [6.07, 6.45) is 2.33. The minimum absolute atomic E-state index is 0.0519. The van der Waals surface area contributed by atoms with Gasteiger partial charge in [-0.05, 0) is 46.1 Å². The third-order valence-electron chi connectivity index (χ3n) is 7.32. The summed E-state index contributed by atoms with van der Waals surface area (Å²) in [4.78, 5) is 38.5. The van der Waals surface area contributed by atoms with E-state index in [2.05, 4.69) is 5.32 Å². The fraction of sp³-hybridized carbons (Fsp3) is 0.577. The van der Waals surface area contributed by atoms with Crippen molar-refractivity contribution in [1.29, 1.82) is 0 Å². The number of aromatic nitrogens is 1. The van der Waals surface area contributed by atoms with Crippen molar-refractivity contribution in [2.45, 2.75) is 63.9 Å². The summed E-state index contributed by atoms with van der Waals surface area (Å²) >= 11 is 0. The Balaban J connectivity index is 1.58. The lowest BCUT2D eigenvalue weighted by atomic mass is 9.91. The summed E-state index contributed by atoms with van der Waals surface area (Å²) in [5, 5.41) is 11.9. The molecule has 2 saturated heterocycles. The molecule has 3 fully saturated rings. The maximum Gasteiger partial charge on any atom is 0.407 e. The predicted octanol–water partition coefficient (Wildman–Crippen LogP) is 3.90. The van der Waals surface area contributed by atoms with Crippen molar-refractivity contribution in [3.8, 4) is 5.75 Å². The van der Waals surface area contributed by atoms with Crippen LogP contribution in [0.3, 0.4) is 0 Å². The van der Waals surface area contributed by atoms with Crippen LogP contribution in [0.1, 0.15) is 56.4 Å². The molecule has 13 heteroatoms. The zero-order valence-electron chi connectivity index (χ0n) is 21.8. The van der Waals surface area contributed by atoms with Crippen molar-refractivity contribution in [2.75, 3.05) is 31.1 Å². The van der Waals surface area contributed by atoms with Gasteiger partial charge >= 0.3 is 18.7 Å². The third kappa shape index (κ3) is 5.11. The highest BCUT2D eigenvalue weighted by molar-refractivity contribution is 5.97. The van der Waals surface area contributed by atoms with Gasteiger partial charge in [-0.15, -0.1) is 0 Å². The summed E-state index contributed by atoms with van der Waals surface area (Å²) < 4.78 is 60.8. The second-order valence-corrected chi connectivity index (χ2v) is 11.3. The second kappa shape index (κ2) is 9.61. The van der Waals surface area contributed by atoms with Crippen LogP contribution >= 0.6 is 0 Å². The maximum absolute atomic E-state index is 15.8. The molecule has 0 radical (unpaired) electrons. The fourth-order valence-electron chi connectivity index (χ4n) is 5.56. The van der Waals surface area contributed by atoms with Gasteiger partial charge in [-0.1, -0.05) is 0 Å². The van der Waals surface area contributed by atoms with Gasteiger partial charge in [0.05, 0.1) is 17.4 Å². The number of alkyl halides is 2. The molecule has 1 unspecified atom stereocenters. The number of carbonyl (C=O) groups excluding carboxylic acids is 1. The maximum atomic E-state index is 15.8. The van der Waals surface area contributed by atoms with E-state index >= 15 is 4.39 Å². The van der Waals surface area contributed by atoms with Gasteiger partial charge in [-0.25, -0.2) is 14.0 Å². The summed E-state index contributed by atoms with van der Waals surface area (Å²) in [6, 6.07) is 0.646.